The van der Waals surface area contributed by atoms with Crippen LogP contribution in [0.3, 0.4) is 0 Å². The minimum absolute atomic E-state index is 0.0689. The fraction of sp³-hybridized carbons (Fsp3) is 0.312. The molecule has 6 N–H and O–H groups in total. The first-order chi connectivity index (χ1) is 20.7. The fourth-order valence-corrected chi connectivity index (χ4v) is 5.90. The van der Waals surface area contributed by atoms with E-state index in [1.54, 1.807) is 5.01 Å². The summed E-state index contributed by atoms with van der Waals surface area (Å²) in [6, 6.07) is 25.8. The number of hydrazine groups is 2. The number of anilines is 2. The van der Waals surface area contributed by atoms with Crippen LogP contribution in [0, 0.1) is 0 Å². The highest BCUT2D eigenvalue weighted by molar-refractivity contribution is 5.72. The number of ether oxygens (including phenoxy) is 2. The fourth-order valence-electron chi connectivity index (χ4n) is 5.90. The lowest BCUT2D eigenvalue weighted by molar-refractivity contribution is 0.122. The maximum Gasteiger partial charge on any atom is 0.139 e. The number of nitrogens with two attached hydrogens (primary N) is 1. The molecule has 10 heteroatoms. The highest BCUT2D eigenvalue weighted by atomic mass is 16.5. The van der Waals surface area contributed by atoms with Crippen molar-refractivity contribution in [2.75, 3.05) is 62.4 Å². The van der Waals surface area contributed by atoms with Gasteiger partial charge in [0.15, 0.2) is 0 Å². The predicted molar refractivity (Wildman–Crippen MR) is 165 cm³/mol. The highest BCUT2D eigenvalue weighted by Gasteiger charge is 2.25. The van der Waals surface area contributed by atoms with E-state index in [2.05, 4.69) is 104 Å². The molecule has 7 rings (SSSR count). The van der Waals surface area contributed by atoms with E-state index in [-0.39, 0.29) is 12.3 Å². The Hall–Kier alpha value is -4.22. The number of morpholine rings is 2. The van der Waals surface area contributed by atoms with Crippen molar-refractivity contribution >= 4 is 22.8 Å². The molecule has 0 aliphatic carbocycles. The maximum absolute atomic E-state index is 6.46. The zero-order valence-electron chi connectivity index (χ0n) is 23.6. The molecule has 4 heterocycles. The largest absolute Gasteiger partial charge is 0.378 e. The molecule has 2 unspecified atom stereocenters. The van der Waals surface area contributed by atoms with Crippen LogP contribution in [0.2, 0.25) is 0 Å². The van der Waals surface area contributed by atoms with E-state index in [4.69, 9.17) is 15.3 Å². The Morgan fingerprint density at radius 3 is 1.86 bits per heavy atom. The normalized spacial score (nSPS) is 22.5. The van der Waals surface area contributed by atoms with Gasteiger partial charge >= 0.3 is 0 Å². The van der Waals surface area contributed by atoms with Gasteiger partial charge in [-0.15, -0.1) is 0 Å². The summed E-state index contributed by atoms with van der Waals surface area (Å²) >= 11 is 0. The molecule has 0 aromatic heterocycles. The van der Waals surface area contributed by atoms with Crippen LogP contribution in [0.5, 0.6) is 0 Å². The van der Waals surface area contributed by atoms with Gasteiger partial charge in [-0.25, -0.2) is 11.3 Å². The van der Waals surface area contributed by atoms with Gasteiger partial charge in [0.05, 0.1) is 37.8 Å². The summed E-state index contributed by atoms with van der Waals surface area (Å²) in [5.41, 5.74) is 15.4. The van der Waals surface area contributed by atoms with Crippen molar-refractivity contribution in [2.45, 2.75) is 12.3 Å². The van der Waals surface area contributed by atoms with Crippen molar-refractivity contribution in [3.05, 3.63) is 107 Å². The molecule has 2 atom stereocenters. The Balaban J connectivity index is 1.01. The predicted octanol–water partition coefficient (Wildman–Crippen LogP) is 2.83. The summed E-state index contributed by atoms with van der Waals surface area (Å²) in [6.07, 6.45) is 3.73. The van der Waals surface area contributed by atoms with Gasteiger partial charge in [0.2, 0.25) is 0 Å². The quantitative estimate of drug-likeness (QED) is 0.286. The topological polar surface area (TPSA) is 102 Å². The van der Waals surface area contributed by atoms with E-state index in [1.807, 2.05) is 12.4 Å². The van der Waals surface area contributed by atoms with Crippen LogP contribution in [-0.4, -0.2) is 57.6 Å². The highest BCUT2D eigenvalue weighted by Crippen LogP contribution is 2.31. The lowest BCUT2D eigenvalue weighted by Gasteiger charge is -2.30. The summed E-state index contributed by atoms with van der Waals surface area (Å²) in [7, 11) is 0. The molecule has 0 radical (unpaired) electrons. The van der Waals surface area contributed by atoms with Gasteiger partial charge in [-0.05, 0) is 52.6 Å². The Morgan fingerprint density at radius 1 is 0.667 bits per heavy atom. The van der Waals surface area contributed by atoms with Crippen molar-refractivity contribution in [3.8, 4) is 0 Å². The van der Waals surface area contributed by atoms with E-state index in [1.165, 1.54) is 11.4 Å². The van der Waals surface area contributed by atoms with Gasteiger partial charge < -0.3 is 35.3 Å². The van der Waals surface area contributed by atoms with Crippen molar-refractivity contribution in [2.24, 2.45) is 5.84 Å². The third-order valence-corrected chi connectivity index (χ3v) is 8.28. The molecule has 3 aromatic rings. The van der Waals surface area contributed by atoms with Gasteiger partial charge in [-0.2, -0.15) is 0 Å². The van der Waals surface area contributed by atoms with Gasteiger partial charge in [-0.1, -0.05) is 42.5 Å². The first-order valence-corrected chi connectivity index (χ1v) is 14.7. The Bertz CT molecular complexity index is 1410. The van der Waals surface area contributed by atoms with Crippen LogP contribution < -0.4 is 37.1 Å². The summed E-state index contributed by atoms with van der Waals surface area (Å²) in [5.74, 6) is 6.46. The van der Waals surface area contributed by atoms with E-state index in [9.17, 15) is 0 Å². The minimum atomic E-state index is -0.134. The average molecular weight is 567 g/mol. The van der Waals surface area contributed by atoms with Gasteiger partial charge in [0.25, 0.3) is 0 Å². The molecule has 3 aromatic carbocycles. The van der Waals surface area contributed by atoms with Crippen LogP contribution in [-0.2, 0) is 9.47 Å². The minimum Gasteiger partial charge on any atom is -0.378 e. The third kappa shape index (κ3) is 5.62. The number of rotatable bonds is 6. The first-order valence-electron chi connectivity index (χ1n) is 14.7. The van der Waals surface area contributed by atoms with Crippen LogP contribution in [0.15, 0.2) is 85.2 Å². The molecular formula is C32H38N8O2. The molecule has 42 heavy (non-hydrogen) atoms. The monoisotopic (exact) mass is 566 g/mol. The number of nitrogens with zero attached hydrogens (tertiary/aromatic N) is 3. The maximum atomic E-state index is 6.46. The number of hydrogen-bond donors (Lipinski definition) is 5. The Kier molecular flexibility index (Phi) is 7.58. The van der Waals surface area contributed by atoms with E-state index in [0.29, 0.717) is 0 Å². The number of nitrogens with one attached hydrogen (secondary N) is 4. The molecule has 10 nitrogen and oxygen atoms in total. The lowest BCUT2D eigenvalue weighted by Crippen LogP contribution is -2.44. The molecule has 0 saturated carbocycles. The zero-order valence-corrected chi connectivity index (χ0v) is 23.6. The third-order valence-electron chi connectivity index (χ3n) is 8.28. The molecule has 0 amide bonds. The molecule has 4 aliphatic heterocycles. The second kappa shape index (κ2) is 11.9. The molecule has 218 valence electrons. The summed E-state index contributed by atoms with van der Waals surface area (Å²) < 4.78 is 11.0. The molecule has 0 spiro atoms. The van der Waals surface area contributed by atoms with Gasteiger partial charge in [0.1, 0.15) is 12.3 Å². The van der Waals surface area contributed by atoms with E-state index < -0.39 is 0 Å². The summed E-state index contributed by atoms with van der Waals surface area (Å²) in [4.78, 5) is 4.72. The van der Waals surface area contributed by atoms with Crippen molar-refractivity contribution in [3.63, 3.8) is 0 Å². The zero-order chi connectivity index (χ0) is 28.3. The second-order valence-electron chi connectivity index (χ2n) is 10.9. The molecule has 0 bridgehead atoms. The molecule has 4 aliphatic rings. The molecule has 2 saturated heterocycles. The number of hydrogen-bond acceptors (Lipinski definition) is 10. The summed E-state index contributed by atoms with van der Waals surface area (Å²) in [5, 5.41) is 9.01. The van der Waals surface area contributed by atoms with Gasteiger partial charge in [-0.3, -0.25) is 5.01 Å². The number of benzene rings is 3. The van der Waals surface area contributed by atoms with Gasteiger partial charge in [0, 0.05) is 50.0 Å². The standard InChI is InChI=1S/C32H38N8O2/c33-40-22-30(36-32(40)24-6-10-28(11-7-24)39-14-18-42-19-15-39)26-3-1-2-25(20-26)29-21-34-37-31(35-29)23-4-8-27(9-5-23)38-12-16-41-17-13-38/h1-11,20-22,31-32,34-37H,12-19,33H2. The van der Waals surface area contributed by atoms with Crippen molar-refractivity contribution in [1.29, 1.82) is 0 Å². The van der Waals surface area contributed by atoms with Crippen molar-refractivity contribution in [1.82, 2.24) is 26.5 Å². The molecular weight excluding hydrogens is 528 g/mol. The van der Waals surface area contributed by atoms with Crippen LogP contribution in [0.1, 0.15) is 34.6 Å². The second-order valence-corrected chi connectivity index (χ2v) is 10.9. The smallest absolute Gasteiger partial charge is 0.139 e. The van der Waals surface area contributed by atoms with E-state index >= 15 is 0 Å². The van der Waals surface area contributed by atoms with Crippen LogP contribution in [0.4, 0.5) is 11.4 Å². The SMILES string of the molecule is NN1C=C(c2cccc(C3=CNNC(c4ccc(N5CCOCC5)cc4)N3)c2)NC1c1ccc(N2CCOCC2)cc1. The van der Waals surface area contributed by atoms with E-state index in [0.717, 1.165) is 86.3 Å². The lowest BCUT2D eigenvalue weighted by atomic mass is 10.0. The van der Waals surface area contributed by atoms with Crippen LogP contribution >= 0.6 is 0 Å². The summed E-state index contributed by atoms with van der Waals surface area (Å²) in [6.45, 7) is 6.81. The Labute approximate surface area is 246 Å². The first kappa shape index (κ1) is 26.7. The Morgan fingerprint density at radius 2 is 1.24 bits per heavy atom. The molecule has 2 fully saturated rings. The van der Waals surface area contributed by atoms with Crippen molar-refractivity contribution < 1.29 is 9.47 Å². The van der Waals surface area contributed by atoms with Crippen LogP contribution in [0.25, 0.3) is 11.4 Å². The average Bonchev–Trinajstić information content (AvgIpc) is 3.47.